The van der Waals surface area contributed by atoms with Crippen LogP contribution in [0.5, 0.6) is 0 Å². The molecule has 2 aromatic rings. The van der Waals surface area contributed by atoms with E-state index >= 15 is 0 Å². The van der Waals surface area contributed by atoms with E-state index in [0.717, 1.165) is 21.6 Å². The Morgan fingerprint density at radius 2 is 1.88 bits per heavy atom. The molecule has 0 spiro atoms. The number of aryl methyl sites for hydroxylation is 2. The Hall–Kier alpha value is -2.73. The molecule has 26 heavy (non-hydrogen) atoms. The van der Waals surface area contributed by atoms with Crippen molar-refractivity contribution < 1.29 is 9.59 Å². The Morgan fingerprint density at radius 1 is 1.08 bits per heavy atom. The standard InChI is InChI=1S/C19H17ClN4O2/c1-11-6-7-12(2)13(8-11)10-23-17-16(21-22-23)18(25)24(19(17)26)15-5-3-4-14(20)9-15/h3-9,16-17H,10H2,1-2H3/t16-,17-/m1/s1. The first-order chi connectivity index (χ1) is 12.5. The fraction of sp³-hybridized carbons (Fsp3) is 0.263. The van der Waals surface area contributed by atoms with Crippen molar-refractivity contribution in [1.29, 1.82) is 0 Å². The molecular weight excluding hydrogens is 352 g/mol. The lowest BCUT2D eigenvalue weighted by Crippen LogP contribution is -2.39. The number of fused-ring (bicyclic) bond motifs is 1. The zero-order chi connectivity index (χ0) is 18.4. The summed E-state index contributed by atoms with van der Waals surface area (Å²) in [6.07, 6.45) is 0. The molecule has 0 aromatic heterocycles. The van der Waals surface area contributed by atoms with E-state index in [1.54, 1.807) is 29.3 Å². The Labute approximate surface area is 156 Å². The summed E-state index contributed by atoms with van der Waals surface area (Å²) in [4.78, 5) is 26.8. The van der Waals surface area contributed by atoms with Crippen LogP contribution in [0.1, 0.15) is 16.7 Å². The lowest BCUT2D eigenvalue weighted by atomic mass is 10.0. The molecule has 0 saturated carbocycles. The minimum atomic E-state index is -0.799. The molecule has 0 unspecified atom stereocenters. The van der Waals surface area contributed by atoms with E-state index in [1.165, 1.54) is 0 Å². The molecule has 132 valence electrons. The zero-order valence-corrected chi connectivity index (χ0v) is 15.1. The molecular formula is C19H17ClN4O2. The summed E-state index contributed by atoms with van der Waals surface area (Å²) in [5.74, 6) is -0.688. The summed E-state index contributed by atoms with van der Waals surface area (Å²) in [5.41, 5.74) is 3.76. The maximum atomic E-state index is 13.0. The van der Waals surface area contributed by atoms with Crippen LogP contribution < -0.4 is 4.90 Å². The molecule has 0 N–H and O–H groups in total. The molecule has 7 heteroatoms. The summed E-state index contributed by atoms with van der Waals surface area (Å²) >= 11 is 6.01. The van der Waals surface area contributed by atoms with Gasteiger partial charge in [0.25, 0.3) is 11.8 Å². The summed E-state index contributed by atoms with van der Waals surface area (Å²) in [7, 11) is 0. The summed E-state index contributed by atoms with van der Waals surface area (Å²) < 4.78 is 0. The number of rotatable bonds is 3. The molecule has 4 rings (SSSR count). The van der Waals surface area contributed by atoms with Crippen molar-refractivity contribution in [2.45, 2.75) is 32.5 Å². The average molecular weight is 369 g/mol. The minimum Gasteiger partial charge on any atom is -0.271 e. The normalized spacial score (nSPS) is 21.7. The van der Waals surface area contributed by atoms with Gasteiger partial charge in [-0.15, -0.1) is 0 Å². The van der Waals surface area contributed by atoms with E-state index in [4.69, 9.17) is 11.6 Å². The second-order valence-corrected chi connectivity index (χ2v) is 7.05. The topological polar surface area (TPSA) is 65.3 Å². The lowest BCUT2D eigenvalue weighted by Gasteiger charge is -2.21. The second-order valence-electron chi connectivity index (χ2n) is 6.61. The van der Waals surface area contributed by atoms with Crippen LogP contribution in [0.25, 0.3) is 0 Å². The van der Waals surface area contributed by atoms with Crippen LogP contribution in [-0.2, 0) is 16.1 Å². The van der Waals surface area contributed by atoms with Gasteiger partial charge in [0.2, 0.25) is 0 Å². The van der Waals surface area contributed by atoms with Gasteiger partial charge in [-0.1, -0.05) is 46.7 Å². The van der Waals surface area contributed by atoms with Gasteiger partial charge in [-0.25, -0.2) is 4.90 Å². The zero-order valence-electron chi connectivity index (χ0n) is 14.4. The molecule has 2 atom stereocenters. The SMILES string of the molecule is Cc1ccc(C)c(CN2N=N[C@H]3C(=O)N(c4cccc(Cl)c4)C(=O)[C@@H]32)c1. The van der Waals surface area contributed by atoms with E-state index in [-0.39, 0.29) is 11.8 Å². The largest absolute Gasteiger partial charge is 0.271 e. The van der Waals surface area contributed by atoms with Crippen molar-refractivity contribution >= 4 is 29.1 Å². The Kier molecular flexibility index (Phi) is 4.00. The van der Waals surface area contributed by atoms with E-state index in [2.05, 4.69) is 16.4 Å². The van der Waals surface area contributed by atoms with Crippen molar-refractivity contribution in [3.63, 3.8) is 0 Å². The monoisotopic (exact) mass is 368 g/mol. The van der Waals surface area contributed by atoms with Crippen LogP contribution >= 0.6 is 11.6 Å². The van der Waals surface area contributed by atoms with Crippen LogP contribution in [0, 0.1) is 13.8 Å². The molecule has 2 aromatic carbocycles. The number of carbonyl (C=O) groups is 2. The fourth-order valence-corrected chi connectivity index (χ4v) is 3.55. The molecule has 0 bridgehead atoms. The smallest absolute Gasteiger partial charge is 0.263 e. The number of imide groups is 1. The Morgan fingerprint density at radius 3 is 2.65 bits per heavy atom. The van der Waals surface area contributed by atoms with Gasteiger partial charge < -0.3 is 0 Å². The Bertz CT molecular complexity index is 943. The third-order valence-electron chi connectivity index (χ3n) is 4.76. The van der Waals surface area contributed by atoms with Gasteiger partial charge in [-0.3, -0.25) is 14.6 Å². The highest BCUT2D eigenvalue weighted by Gasteiger charge is 2.54. The molecule has 0 aliphatic carbocycles. The molecule has 2 aliphatic heterocycles. The van der Waals surface area contributed by atoms with Crippen LogP contribution in [0.3, 0.4) is 0 Å². The number of halogens is 1. The van der Waals surface area contributed by atoms with Gasteiger partial charge in [0.1, 0.15) is 0 Å². The van der Waals surface area contributed by atoms with Gasteiger partial charge in [0.05, 0.1) is 12.2 Å². The molecule has 2 amide bonds. The van der Waals surface area contributed by atoms with Crippen molar-refractivity contribution in [3.8, 4) is 0 Å². The molecule has 2 aliphatic rings. The first-order valence-corrected chi connectivity index (χ1v) is 8.70. The fourth-order valence-electron chi connectivity index (χ4n) is 3.37. The molecule has 0 radical (unpaired) electrons. The van der Waals surface area contributed by atoms with Crippen molar-refractivity contribution in [2.24, 2.45) is 10.3 Å². The van der Waals surface area contributed by atoms with Crippen LogP contribution in [0.4, 0.5) is 5.69 Å². The maximum Gasteiger partial charge on any atom is 0.263 e. The summed E-state index contributed by atoms with van der Waals surface area (Å²) in [6.45, 7) is 4.46. The number of nitrogens with zero attached hydrogens (tertiary/aromatic N) is 4. The van der Waals surface area contributed by atoms with E-state index in [9.17, 15) is 9.59 Å². The third kappa shape index (κ3) is 2.66. The third-order valence-corrected chi connectivity index (χ3v) is 5.00. The number of carbonyl (C=O) groups excluding carboxylic acids is 2. The highest BCUT2D eigenvalue weighted by atomic mass is 35.5. The predicted octanol–water partition coefficient (Wildman–Crippen LogP) is 3.45. The quantitative estimate of drug-likeness (QED) is 0.779. The lowest BCUT2D eigenvalue weighted by molar-refractivity contribution is -0.123. The van der Waals surface area contributed by atoms with Gasteiger partial charge >= 0.3 is 0 Å². The highest BCUT2D eigenvalue weighted by Crippen LogP contribution is 2.33. The van der Waals surface area contributed by atoms with Crippen LogP contribution in [-0.4, -0.2) is 28.9 Å². The average Bonchev–Trinajstić information content (AvgIpc) is 3.12. The summed E-state index contributed by atoms with van der Waals surface area (Å²) in [6, 6.07) is 11.3. The number of anilines is 1. The van der Waals surface area contributed by atoms with Gasteiger partial charge in [-0.2, -0.15) is 5.11 Å². The van der Waals surface area contributed by atoms with Crippen molar-refractivity contribution in [1.82, 2.24) is 5.01 Å². The minimum absolute atomic E-state index is 0.322. The van der Waals surface area contributed by atoms with Crippen molar-refractivity contribution in [3.05, 3.63) is 64.2 Å². The first kappa shape index (κ1) is 16.7. The number of hydrogen-bond donors (Lipinski definition) is 0. The molecule has 1 fully saturated rings. The molecule has 1 saturated heterocycles. The van der Waals surface area contributed by atoms with E-state index in [0.29, 0.717) is 17.3 Å². The van der Waals surface area contributed by atoms with Crippen LogP contribution in [0.2, 0.25) is 5.02 Å². The predicted molar refractivity (Wildman–Crippen MR) is 97.8 cm³/mol. The van der Waals surface area contributed by atoms with Crippen LogP contribution in [0.15, 0.2) is 52.8 Å². The highest BCUT2D eigenvalue weighted by molar-refractivity contribution is 6.31. The number of hydrogen-bond acceptors (Lipinski definition) is 5. The van der Waals surface area contributed by atoms with E-state index < -0.39 is 12.1 Å². The maximum absolute atomic E-state index is 13.0. The first-order valence-electron chi connectivity index (χ1n) is 8.32. The van der Waals surface area contributed by atoms with Gasteiger partial charge in [0.15, 0.2) is 12.1 Å². The number of benzene rings is 2. The number of amides is 2. The van der Waals surface area contributed by atoms with Gasteiger partial charge in [-0.05, 0) is 43.2 Å². The molecule has 2 heterocycles. The van der Waals surface area contributed by atoms with Gasteiger partial charge in [0, 0.05) is 5.02 Å². The Balaban J connectivity index is 1.63. The van der Waals surface area contributed by atoms with Crippen molar-refractivity contribution in [2.75, 3.05) is 4.90 Å². The summed E-state index contributed by atoms with van der Waals surface area (Å²) in [5, 5.41) is 10.2. The second kappa shape index (κ2) is 6.21. The van der Waals surface area contributed by atoms with E-state index in [1.807, 2.05) is 26.0 Å². The molecule has 6 nitrogen and oxygen atoms in total.